The predicted octanol–water partition coefficient (Wildman–Crippen LogP) is 2.34. The van der Waals surface area contributed by atoms with E-state index in [0.29, 0.717) is 11.8 Å². The summed E-state index contributed by atoms with van der Waals surface area (Å²) in [6.07, 6.45) is 3.03. The van der Waals surface area contributed by atoms with E-state index in [4.69, 9.17) is 4.74 Å². The van der Waals surface area contributed by atoms with Crippen molar-refractivity contribution in [2.24, 2.45) is 0 Å². The molecule has 0 spiro atoms. The molecule has 0 radical (unpaired) electrons. The summed E-state index contributed by atoms with van der Waals surface area (Å²) in [7, 11) is 0. The minimum absolute atomic E-state index is 0.0717. The van der Waals surface area contributed by atoms with Gasteiger partial charge in [0.15, 0.2) is 17.4 Å². The first kappa shape index (κ1) is 11.3. The fourth-order valence-corrected chi connectivity index (χ4v) is 1.24. The van der Waals surface area contributed by atoms with Crippen molar-refractivity contribution in [1.29, 1.82) is 0 Å². The van der Waals surface area contributed by atoms with E-state index in [-0.39, 0.29) is 12.2 Å². The second-order valence-electron chi connectivity index (χ2n) is 3.25. The van der Waals surface area contributed by atoms with Gasteiger partial charge in [-0.05, 0) is 12.1 Å². The molecule has 4 nitrogen and oxygen atoms in total. The van der Waals surface area contributed by atoms with Crippen LogP contribution in [-0.2, 0) is 6.61 Å². The van der Waals surface area contributed by atoms with Gasteiger partial charge in [-0.2, -0.15) is 0 Å². The molecule has 0 bridgehead atoms. The molecule has 0 saturated carbocycles. The van der Waals surface area contributed by atoms with Gasteiger partial charge >= 0.3 is 0 Å². The number of carbonyl (C=O) groups is 1. The van der Waals surface area contributed by atoms with Gasteiger partial charge in [-0.3, -0.25) is 4.79 Å². The topological polar surface area (TPSA) is 52.3 Å². The van der Waals surface area contributed by atoms with Gasteiger partial charge in [0.25, 0.3) is 0 Å². The second-order valence-corrected chi connectivity index (χ2v) is 3.25. The van der Waals surface area contributed by atoms with E-state index < -0.39 is 17.4 Å². The van der Waals surface area contributed by atoms with Crippen molar-refractivity contribution in [3.05, 3.63) is 47.4 Å². The highest BCUT2D eigenvalue weighted by Gasteiger charge is 2.13. The zero-order valence-electron chi connectivity index (χ0n) is 8.52. The summed E-state index contributed by atoms with van der Waals surface area (Å²) < 4.78 is 36.2. The molecule has 0 saturated heterocycles. The number of aromatic nitrogens is 1. The maximum atomic E-state index is 13.4. The Morgan fingerprint density at radius 3 is 2.59 bits per heavy atom. The third-order valence-electron chi connectivity index (χ3n) is 2.02. The van der Waals surface area contributed by atoms with Gasteiger partial charge in [0.2, 0.25) is 0 Å². The van der Waals surface area contributed by atoms with Crippen LogP contribution in [0.4, 0.5) is 8.78 Å². The standard InChI is InChI=1S/C11H7F2NO3/c12-9-1-7(4-15)2-10(13)11(9)16-5-8-3-14-17-6-8/h1-4,6H,5H2. The van der Waals surface area contributed by atoms with Gasteiger partial charge in [-0.25, -0.2) is 8.78 Å². The highest BCUT2D eigenvalue weighted by molar-refractivity contribution is 5.75. The molecule has 0 fully saturated rings. The van der Waals surface area contributed by atoms with Gasteiger partial charge in [-0.15, -0.1) is 0 Å². The largest absolute Gasteiger partial charge is 0.483 e. The molecule has 6 heteroatoms. The normalized spacial score (nSPS) is 10.2. The van der Waals surface area contributed by atoms with Crippen molar-refractivity contribution in [2.75, 3.05) is 0 Å². The number of nitrogens with zero attached hydrogens (tertiary/aromatic N) is 1. The van der Waals surface area contributed by atoms with E-state index in [2.05, 4.69) is 9.68 Å². The molecule has 2 aromatic rings. The number of ether oxygens (including phenoxy) is 1. The number of hydrogen-bond donors (Lipinski definition) is 0. The first-order valence-electron chi connectivity index (χ1n) is 4.66. The van der Waals surface area contributed by atoms with Gasteiger partial charge in [0.1, 0.15) is 19.2 Å². The number of hydrogen-bond acceptors (Lipinski definition) is 4. The minimum Gasteiger partial charge on any atom is -0.483 e. The van der Waals surface area contributed by atoms with Crippen LogP contribution in [0.2, 0.25) is 0 Å². The number of benzene rings is 1. The summed E-state index contributed by atoms with van der Waals surface area (Å²) >= 11 is 0. The van der Waals surface area contributed by atoms with Crippen LogP contribution in [0.1, 0.15) is 15.9 Å². The van der Waals surface area contributed by atoms with Crippen LogP contribution in [0.25, 0.3) is 0 Å². The summed E-state index contributed by atoms with van der Waals surface area (Å²) in [5.74, 6) is -2.39. The van der Waals surface area contributed by atoms with Crippen LogP contribution >= 0.6 is 0 Å². The fourth-order valence-electron chi connectivity index (χ4n) is 1.24. The van der Waals surface area contributed by atoms with Crippen molar-refractivity contribution in [3.8, 4) is 5.75 Å². The highest BCUT2D eigenvalue weighted by Crippen LogP contribution is 2.23. The first-order valence-corrected chi connectivity index (χ1v) is 4.66. The van der Waals surface area contributed by atoms with Gasteiger partial charge in [0.05, 0.1) is 6.20 Å². The second kappa shape index (κ2) is 4.73. The summed E-state index contributed by atoms with van der Waals surface area (Å²) in [5.41, 5.74) is 0.459. The molecule has 2 rings (SSSR count). The Hall–Kier alpha value is -2.24. The van der Waals surface area contributed by atoms with Crippen molar-refractivity contribution < 1.29 is 22.8 Å². The molecule has 0 aliphatic heterocycles. The summed E-state index contributed by atoms with van der Waals surface area (Å²) in [4.78, 5) is 10.4. The molecule has 17 heavy (non-hydrogen) atoms. The van der Waals surface area contributed by atoms with Crippen molar-refractivity contribution >= 4 is 6.29 Å². The molecular weight excluding hydrogens is 232 g/mol. The smallest absolute Gasteiger partial charge is 0.191 e. The Bertz CT molecular complexity index is 503. The number of halogens is 2. The molecule has 0 amide bonds. The number of carbonyl (C=O) groups excluding carboxylic acids is 1. The molecule has 0 unspecified atom stereocenters. The number of rotatable bonds is 4. The van der Waals surface area contributed by atoms with Crippen LogP contribution in [0.15, 0.2) is 29.1 Å². The van der Waals surface area contributed by atoms with E-state index in [9.17, 15) is 13.6 Å². The van der Waals surface area contributed by atoms with E-state index >= 15 is 0 Å². The molecule has 1 heterocycles. The highest BCUT2D eigenvalue weighted by atomic mass is 19.1. The van der Waals surface area contributed by atoms with E-state index in [0.717, 1.165) is 12.1 Å². The average molecular weight is 239 g/mol. The Balaban J connectivity index is 2.18. The SMILES string of the molecule is O=Cc1cc(F)c(OCc2cnoc2)c(F)c1. The quantitative estimate of drug-likeness (QED) is 0.768. The van der Waals surface area contributed by atoms with E-state index in [1.165, 1.54) is 12.5 Å². The molecular formula is C11H7F2NO3. The van der Waals surface area contributed by atoms with Gasteiger partial charge in [-0.1, -0.05) is 5.16 Å². The third-order valence-corrected chi connectivity index (χ3v) is 2.02. The third kappa shape index (κ3) is 2.47. The Kier molecular flexibility index (Phi) is 3.13. The monoisotopic (exact) mass is 239 g/mol. The van der Waals surface area contributed by atoms with Gasteiger partial charge < -0.3 is 9.26 Å². The van der Waals surface area contributed by atoms with Gasteiger partial charge in [0, 0.05) is 11.1 Å². The zero-order chi connectivity index (χ0) is 12.3. The molecule has 0 aliphatic carbocycles. The van der Waals surface area contributed by atoms with E-state index in [1.54, 1.807) is 0 Å². The van der Waals surface area contributed by atoms with Crippen LogP contribution in [0.3, 0.4) is 0 Å². The Labute approximate surface area is 94.8 Å². The summed E-state index contributed by atoms with van der Waals surface area (Å²) in [6, 6.07) is 1.80. The lowest BCUT2D eigenvalue weighted by Crippen LogP contribution is -2.00. The van der Waals surface area contributed by atoms with Crippen molar-refractivity contribution in [2.45, 2.75) is 6.61 Å². The summed E-state index contributed by atoms with van der Waals surface area (Å²) in [6.45, 7) is -0.0717. The maximum Gasteiger partial charge on any atom is 0.191 e. The number of aldehydes is 1. The molecule has 0 atom stereocenters. The van der Waals surface area contributed by atoms with E-state index in [1.807, 2.05) is 0 Å². The van der Waals surface area contributed by atoms with Crippen LogP contribution in [0, 0.1) is 11.6 Å². The first-order chi connectivity index (χ1) is 8.20. The molecule has 0 aliphatic rings. The average Bonchev–Trinajstić information content (AvgIpc) is 2.80. The predicted molar refractivity (Wildman–Crippen MR) is 52.6 cm³/mol. The lowest BCUT2D eigenvalue weighted by atomic mass is 10.2. The molecule has 1 aromatic carbocycles. The minimum atomic E-state index is -0.927. The lowest BCUT2D eigenvalue weighted by Gasteiger charge is -2.07. The summed E-state index contributed by atoms with van der Waals surface area (Å²) in [5, 5.41) is 3.42. The molecule has 0 N–H and O–H groups in total. The van der Waals surface area contributed by atoms with Crippen LogP contribution in [-0.4, -0.2) is 11.4 Å². The van der Waals surface area contributed by atoms with Crippen molar-refractivity contribution in [1.82, 2.24) is 5.16 Å². The van der Waals surface area contributed by atoms with Crippen molar-refractivity contribution in [3.63, 3.8) is 0 Å². The molecule has 1 aromatic heterocycles. The zero-order valence-corrected chi connectivity index (χ0v) is 8.52. The van der Waals surface area contributed by atoms with Crippen LogP contribution in [0.5, 0.6) is 5.75 Å². The lowest BCUT2D eigenvalue weighted by molar-refractivity contribution is 0.112. The Morgan fingerprint density at radius 1 is 1.35 bits per heavy atom. The Morgan fingerprint density at radius 2 is 2.06 bits per heavy atom. The molecule has 88 valence electrons. The van der Waals surface area contributed by atoms with Crippen LogP contribution < -0.4 is 4.74 Å². The maximum absolute atomic E-state index is 13.4. The fraction of sp³-hybridized carbons (Fsp3) is 0.0909.